The molecule has 7 nitrogen and oxygen atoms in total. The molecule has 3 aromatic rings. The van der Waals surface area contributed by atoms with Gasteiger partial charge in [-0.3, -0.25) is 14.5 Å². The van der Waals surface area contributed by atoms with E-state index >= 15 is 0 Å². The monoisotopic (exact) mass is 390 g/mol. The van der Waals surface area contributed by atoms with Gasteiger partial charge in [0.1, 0.15) is 17.0 Å². The summed E-state index contributed by atoms with van der Waals surface area (Å²) in [5.74, 6) is -0.606. The molecule has 10 heteroatoms. The lowest BCUT2D eigenvalue weighted by Crippen LogP contribution is -2.18. The molecule has 0 radical (unpaired) electrons. The minimum Gasteiger partial charge on any atom is -0.305 e. The van der Waals surface area contributed by atoms with Crippen LogP contribution in [0.1, 0.15) is 54.3 Å². The lowest BCUT2D eigenvalue weighted by atomic mass is 9.96. The SMILES string of the molecule is O=C(Nc1cc2cn(C3CCCCC3)nc2cn1)c1cncc(C(F)(F)F)n1. The maximum atomic E-state index is 12.7. The molecular formula is C18H17F3N6O. The standard InChI is InChI=1S/C18H17F3N6O/c19-18(20,21)15-9-22-7-14(24-15)17(28)25-16-6-11-10-27(26-13(11)8-23-16)12-4-2-1-3-5-12/h6-10,12H,1-5H2,(H,25,28). The molecule has 1 aliphatic carbocycles. The van der Waals surface area contributed by atoms with Gasteiger partial charge in [0.05, 0.1) is 24.6 Å². The van der Waals surface area contributed by atoms with E-state index < -0.39 is 23.5 Å². The van der Waals surface area contributed by atoms with E-state index in [0.717, 1.165) is 24.4 Å². The molecule has 3 heterocycles. The third-order valence-corrected chi connectivity index (χ3v) is 4.76. The third-order valence-electron chi connectivity index (χ3n) is 4.76. The Hall–Kier alpha value is -3.04. The van der Waals surface area contributed by atoms with Gasteiger partial charge in [-0.15, -0.1) is 0 Å². The smallest absolute Gasteiger partial charge is 0.305 e. The number of halogens is 3. The fraction of sp³-hybridized carbons (Fsp3) is 0.389. The summed E-state index contributed by atoms with van der Waals surface area (Å²) in [4.78, 5) is 23.1. The predicted molar refractivity (Wildman–Crippen MR) is 94.6 cm³/mol. The quantitative estimate of drug-likeness (QED) is 0.731. The summed E-state index contributed by atoms with van der Waals surface area (Å²) in [5.41, 5.74) is -0.964. The average Bonchev–Trinajstić information content (AvgIpc) is 3.11. The molecule has 0 spiro atoms. The van der Waals surface area contributed by atoms with Crippen LogP contribution in [0, 0.1) is 0 Å². The molecule has 0 aromatic carbocycles. The molecule has 1 fully saturated rings. The minimum absolute atomic E-state index is 0.208. The van der Waals surface area contributed by atoms with Crippen molar-refractivity contribution < 1.29 is 18.0 Å². The summed E-state index contributed by atoms with van der Waals surface area (Å²) in [6, 6.07) is 2.00. The number of fused-ring (bicyclic) bond motifs is 1. The number of hydrogen-bond donors (Lipinski definition) is 1. The maximum Gasteiger partial charge on any atom is 0.434 e. The summed E-state index contributed by atoms with van der Waals surface area (Å²) in [5, 5.41) is 7.81. The fourth-order valence-electron chi connectivity index (χ4n) is 3.34. The zero-order chi connectivity index (χ0) is 19.7. The highest BCUT2D eigenvalue weighted by Gasteiger charge is 2.33. The van der Waals surface area contributed by atoms with Crippen LogP contribution in [-0.2, 0) is 6.18 Å². The van der Waals surface area contributed by atoms with Gasteiger partial charge in [0.25, 0.3) is 5.91 Å². The maximum absolute atomic E-state index is 12.7. The first kappa shape index (κ1) is 18.3. The van der Waals surface area contributed by atoms with Crippen LogP contribution < -0.4 is 5.32 Å². The van der Waals surface area contributed by atoms with Crippen LogP contribution >= 0.6 is 0 Å². The molecule has 0 atom stereocenters. The molecule has 146 valence electrons. The number of carbonyl (C=O) groups is 1. The van der Waals surface area contributed by atoms with Gasteiger partial charge >= 0.3 is 6.18 Å². The molecule has 0 aliphatic heterocycles. The van der Waals surface area contributed by atoms with E-state index in [4.69, 9.17) is 0 Å². The van der Waals surface area contributed by atoms with Crippen molar-refractivity contribution in [2.45, 2.75) is 44.3 Å². The highest BCUT2D eigenvalue weighted by atomic mass is 19.4. The number of pyridine rings is 1. The molecular weight excluding hydrogens is 373 g/mol. The van der Waals surface area contributed by atoms with Crippen molar-refractivity contribution in [2.24, 2.45) is 0 Å². The highest BCUT2D eigenvalue weighted by molar-refractivity contribution is 6.02. The van der Waals surface area contributed by atoms with Crippen LogP contribution in [0.4, 0.5) is 19.0 Å². The molecule has 4 rings (SSSR count). The second kappa shape index (κ2) is 7.17. The van der Waals surface area contributed by atoms with E-state index in [1.165, 1.54) is 25.5 Å². The number of amides is 1. The minimum atomic E-state index is -4.67. The van der Waals surface area contributed by atoms with Gasteiger partial charge in [0.2, 0.25) is 0 Å². The van der Waals surface area contributed by atoms with Crippen LogP contribution in [0.3, 0.4) is 0 Å². The van der Waals surface area contributed by atoms with Gasteiger partial charge < -0.3 is 5.32 Å². The Bertz CT molecular complexity index is 1010. The second-order valence-corrected chi connectivity index (χ2v) is 6.77. The van der Waals surface area contributed by atoms with Crippen LogP contribution in [0.15, 0.2) is 30.9 Å². The first-order valence-electron chi connectivity index (χ1n) is 8.96. The zero-order valence-corrected chi connectivity index (χ0v) is 14.8. The highest BCUT2D eigenvalue weighted by Crippen LogP contribution is 2.29. The lowest BCUT2D eigenvalue weighted by Gasteiger charge is -2.21. The normalized spacial score (nSPS) is 15.7. The van der Waals surface area contributed by atoms with Crippen molar-refractivity contribution in [3.8, 4) is 0 Å². The van der Waals surface area contributed by atoms with Crippen LogP contribution in [-0.4, -0.2) is 30.6 Å². The van der Waals surface area contributed by atoms with Crippen LogP contribution in [0.2, 0.25) is 0 Å². The Kier molecular flexibility index (Phi) is 4.70. The molecule has 1 N–H and O–H groups in total. The molecule has 28 heavy (non-hydrogen) atoms. The Labute approximate surface area is 158 Å². The number of aromatic nitrogens is 5. The van der Waals surface area contributed by atoms with Crippen molar-refractivity contribution in [1.29, 1.82) is 0 Å². The van der Waals surface area contributed by atoms with E-state index in [1.807, 2.05) is 10.9 Å². The van der Waals surface area contributed by atoms with E-state index in [0.29, 0.717) is 17.8 Å². The molecule has 1 amide bonds. The first-order chi connectivity index (χ1) is 13.4. The number of anilines is 1. The lowest BCUT2D eigenvalue weighted by molar-refractivity contribution is -0.141. The summed E-state index contributed by atoms with van der Waals surface area (Å²) in [7, 11) is 0. The third kappa shape index (κ3) is 3.80. The van der Waals surface area contributed by atoms with Gasteiger partial charge in [-0.1, -0.05) is 19.3 Å². The van der Waals surface area contributed by atoms with Crippen molar-refractivity contribution in [2.75, 3.05) is 5.32 Å². The van der Waals surface area contributed by atoms with Gasteiger partial charge in [0.15, 0.2) is 5.69 Å². The Balaban J connectivity index is 1.54. The van der Waals surface area contributed by atoms with Gasteiger partial charge in [-0.25, -0.2) is 9.97 Å². The average molecular weight is 390 g/mol. The molecule has 0 saturated heterocycles. The van der Waals surface area contributed by atoms with Crippen molar-refractivity contribution in [1.82, 2.24) is 24.7 Å². The summed E-state index contributed by atoms with van der Waals surface area (Å²) < 4.78 is 40.1. The molecule has 3 aromatic heterocycles. The first-order valence-corrected chi connectivity index (χ1v) is 8.96. The van der Waals surface area contributed by atoms with E-state index in [-0.39, 0.29) is 5.82 Å². The number of nitrogens with one attached hydrogen (secondary N) is 1. The number of hydrogen-bond acceptors (Lipinski definition) is 5. The van der Waals surface area contributed by atoms with E-state index in [9.17, 15) is 18.0 Å². The van der Waals surface area contributed by atoms with Gasteiger partial charge in [-0.2, -0.15) is 18.3 Å². The van der Waals surface area contributed by atoms with Crippen molar-refractivity contribution >= 4 is 22.6 Å². The summed E-state index contributed by atoms with van der Waals surface area (Å²) in [6.45, 7) is 0. The molecule has 0 unspecified atom stereocenters. The summed E-state index contributed by atoms with van der Waals surface area (Å²) >= 11 is 0. The molecule has 0 bridgehead atoms. The van der Waals surface area contributed by atoms with Crippen molar-refractivity contribution in [3.63, 3.8) is 0 Å². The van der Waals surface area contributed by atoms with Crippen LogP contribution in [0.5, 0.6) is 0 Å². The number of rotatable bonds is 3. The topological polar surface area (TPSA) is 85.6 Å². The number of carbonyl (C=O) groups excluding carboxylic acids is 1. The fourth-order valence-corrected chi connectivity index (χ4v) is 3.34. The van der Waals surface area contributed by atoms with E-state index in [2.05, 4.69) is 25.4 Å². The summed E-state index contributed by atoms with van der Waals surface area (Å²) in [6.07, 6.45) is 6.08. The number of nitrogens with zero attached hydrogens (tertiary/aromatic N) is 5. The van der Waals surface area contributed by atoms with Gasteiger partial charge in [0, 0.05) is 11.6 Å². The molecule has 1 aliphatic rings. The Morgan fingerprint density at radius 1 is 1.14 bits per heavy atom. The Morgan fingerprint density at radius 3 is 2.68 bits per heavy atom. The largest absolute Gasteiger partial charge is 0.434 e. The Morgan fingerprint density at radius 2 is 1.93 bits per heavy atom. The second-order valence-electron chi connectivity index (χ2n) is 6.77. The van der Waals surface area contributed by atoms with Crippen LogP contribution in [0.25, 0.3) is 10.9 Å². The van der Waals surface area contributed by atoms with Crippen molar-refractivity contribution in [3.05, 3.63) is 42.2 Å². The zero-order valence-electron chi connectivity index (χ0n) is 14.8. The predicted octanol–water partition coefficient (Wildman–Crippen LogP) is 4.00. The van der Waals surface area contributed by atoms with E-state index in [1.54, 1.807) is 6.07 Å². The molecule has 1 saturated carbocycles. The number of alkyl halides is 3. The van der Waals surface area contributed by atoms with Gasteiger partial charge in [-0.05, 0) is 18.9 Å².